The lowest BCUT2D eigenvalue weighted by atomic mass is 10.1. The molecule has 0 amide bonds. The molecule has 0 aliphatic heterocycles. The van der Waals surface area contributed by atoms with E-state index in [-0.39, 0.29) is 38.1 Å². The van der Waals surface area contributed by atoms with Crippen molar-refractivity contribution in [2.45, 2.75) is 148 Å². The van der Waals surface area contributed by atoms with Crippen molar-refractivity contribution in [1.29, 1.82) is 0 Å². The largest absolute Gasteiger partial charge is 0.469 e. The van der Waals surface area contributed by atoms with Gasteiger partial charge in [0.15, 0.2) is 11.9 Å². The van der Waals surface area contributed by atoms with E-state index >= 15 is 0 Å². The van der Waals surface area contributed by atoms with Gasteiger partial charge in [0.1, 0.15) is 6.61 Å². The molecule has 0 bridgehead atoms. The predicted octanol–water partition coefficient (Wildman–Crippen LogP) is 9.19. The molecule has 0 aromatic heterocycles. The minimum Gasteiger partial charge on any atom is -0.462 e. The number of ether oxygens (including phenoxy) is 2. The number of esters is 2. The summed E-state index contributed by atoms with van der Waals surface area (Å²) < 4.78 is 26.0. The summed E-state index contributed by atoms with van der Waals surface area (Å²) in [6, 6.07) is 0. The summed E-state index contributed by atoms with van der Waals surface area (Å²) in [7, 11) is -4.81. The summed E-state index contributed by atoms with van der Waals surface area (Å²) in [5.41, 5.74) is 0. The van der Waals surface area contributed by atoms with Gasteiger partial charge in [-0.1, -0.05) is 127 Å². The van der Waals surface area contributed by atoms with E-state index in [1.54, 1.807) is 12.2 Å². The Kier molecular flexibility index (Phi) is 29.7. The Hall–Kier alpha value is -2.32. The zero-order valence-electron chi connectivity index (χ0n) is 28.5. The van der Waals surface area contributed by atoms with E-state index in [2.05, 4.69) is 42.7 Å². The highest BCUT2D eigenvalue weighted by molar-refractivity contribution is 7.46. The Balaban J connectivity index is 4.25. The monoisotopic (exact) mass is 668 g/mol. The fourth-order valence-corrected chi connectivity index (χ4v) is 4.80. The van der Waals surface area contributed by atoms with Gasteiger partial charge in [0.05, 0.1) is 6.61 Å². The molecule has 0 aliphatic rings. The highest BCUT2D eigenvalue weighted by Crippen LogP contribution is 2.35. The van der Waals surface area contributed by atoms with Crippen molar-refractivity contribution in [3.63, 3.8) is 0 Å². The van der Waals surface area contributed by atoms with Gasteiger partial charge in [0.2, 0.25) is 0 Å². The Morgan fingerprint density at radius 3 is 1.85 bits per heavy atom. The normalized spacial score (nSPS) is 13.0. The van der Waals surface area contributed by atoms with Crippen molar-refractivity contribution >= 4 is 25.5 Å². The molecule has 9 nitrogen and oxygen atoms in total. The molecule has 0 saturated carbocycles. The van der Waals surface area contributed by atoms with Crippen molar-refractivity contribution in [2.24, 2.45) is 0 Å². The fourth-order valence-electron chi connectivity index (χ4n) is 4.44. The minimum absolute atomic E-state index is 0.0772. The lowest BCUT2D eigenvalue weighted by molar-refractivity contribution is -0.161. The number of allylic oxidation sites excluding steroid dienone is 8. The topological polar surface area (TPSA) is 136 Å². The van der Waals surface area contributed by atoms with E-state index in [1.165, 1.54) is 63.9 Å². The first-order chi connectivity index (χ1) is 22.2. The molecule has 0 heterocycles. The van der Waals surface area contributed by atoms with E-state index in [1.807, 2.05) is 6.08 Å². The van der Waals surface area contributed by atoms with Gasteiger partial charge in [-0.25, -0.2) is 4.57 Å². The first-order valence-corrected chi connectivity index (χ1v) is 18.9. The van der Waals surface area contributed by atoms with Gasteiger partial charge in [-0.15, -0.1) is 0 Å². The summed E-state index contributed by atoms with van der Waals surface area (Å²) >= 11 is 0. The van der Waals surface area contributed by atoms with E-state index in [9.17, 15) is 18.9 Å². The second-order valence-electron chi connectivity index (χ2n) is 11.5. The van der Waals surface area contributed by atoms with Crippen LogP contribution in [0, 0.1) is 0 Å². The maximum atomic E-state index is 12.3. The third-order valence-corrected chi connectivity index (χ3v) is 7.56. The number of unbranched alkanes of at least 4 members (excludes halogenated alkanes) is 12. The second-order valence-corrected chi connectivity index (χ2v) is 12.8. The molecule has 0 aliphatic carbocycles. The van der Waals surface area contributed by atoms with Crippen LogP contribution in [0.1, 0.15) is 142 Å². The van der Waals surface area contributed by atoms with Crippen molar-refractivity contribution in [1.82, 2.24) is 0 Å². The number of hydrogen-bond acceptors (Lipinski definition) is 7. The first-order valence-electron chi connectivity index (χ1n) is 17.4. The van der Waals surface area contributed by atoms with Crippen molar-refractivity contribution in [3.8, 4) is 0 Å². The average Bonchev–Trinajstić information content (AvgIpc) is 3.01. The van der Waals surface area contributed by atoms with Crippen LogP contribution in [0.4, 0.5) is 0 Å². The predicted molar refractivity (Wildman–Crippen MR) is 184 cm³/mol. The molecular formula is C36H61O9P. The second kappa shape index (κ2) is 31.3. The van der Waals surface area contributed by atoms with Gasteiger partial charge in [-0.05, 0) is 44.6 Å². The fraction of sp³-hybridized carbons (Fsp3) is 0.694. The molecular weight excluding hydrogens is 607 g/mol. The lowest BCUT2D eigenvalue weighted by Gasteiger charge is -2.18. The zero-order valence-corrected chi connectivity index (χ0v) is 29.3. The van der Waals surface area contributed by atoms with Crippen LogP contribution in [0.25, 0.3) is 0 Å². The van der Waals surface area contributed by atoms with Crippen molar-refractivity contribution in [3.05, 3.63) is 48.6 Å². The van der Waals surface area contributed by atoms with Crippen LogP contribution in [-0.2, 0) is 32.9 Å². The summed E-state index contributed by atoms with van der Waals surface area (Å²) in [6.07, 6.45) is 32.8. The van der Waals surface area contributed by atoms with Gasteiger partial charge in [0, 0.05) is 19.3 Å². The van der Waals surface area contributed by atoms with Crippen LogP contribution < -0.4 is 0 Å². The Morgan fingerprint density at radius 1 is 0.630 bits per heavy atom. The maximum absolute atomic E-state index is 12.3. The van der Waals surface area contributed by atoms with Crippen LogP contribution in [0.15, 0.2) is 48.6 Å². The highest BCUT2D eigenvalue weighted by Gasteiger charge is 2.23. The molecule has 0 aromatic rings. The number of carbonyl (C=O) groups is 3. The Bertz CT molecular complexity index is 949. The van der Waals surface area contributed by atoms with Gasteiger partial charge in [-0.2, -0.15) is 0 Å². The Morgan fingerprint density at radius 2 is 1.20 bits per heavy atom. The number of hydrogen-bond donors (Lipinski definition) is 2. The molecule has 0 rings (SSSR count). The lowest BCUT2D eigenvalue weighted by Crippen LogP contribution is -2.29. The molecule has 0 spiro atoms. The number of ketones is 1. The molecule has 0 radical (unpaired) electrons. The van der Waals surface area contributed by atoms with Gasteiger partial charge >= 0.3 is 19.8 Å². The molecule has 0 fully saturated rings. The van der Waals surface area contributed by atoms with Crippen LogP contribution in [-0.4, -0.2) is 46.8 Å². The van der Waals surface area contributed by atoms with Crippen LogP contribution in [0.5, 0.6) is 0 Å². The van der Waals surface area contributed by atoms with Gasteiger partial charge < -0.3 is 19.3 Å². The molecule has 10 heteroatoms. The third kappa shape index (κ3) is 33.1. The number of phosphoric ester groups is 1. The van der Waals surface area contributed by atoms with E-state index in [0.717, 1.165) is 38.5 Å². The summed E-state index contributed by atoms with van der Waals surface area (Å²) in [5, 5.41) is 0. The summed E-state index contributed by atoms with van der Waals surface area (Å²) in [4.78, 5) is 54.6. The standard InChI is InChI=1S/C36H61O9P/c1-3-5-7-9-11-13-15-16-17-18-20-22-24-27-33(37)28-26-30-36(39)45-34(32-44-46(40,41)42)31-43-35(38)29-25-23-21-19-14-12-10-8-6-4-2/h11,13,16-17,20,22,24,27,34H,3-10,12,14-15,18-19,21,23,25-26,28-32H2,1-2H3,(H2,40,41,42)/b13-11-,17-16-,22-20-,27-24+/t34-/m1/s1. The number of phosphoric acid groups is 1. The van der Waals surface area contributed by atoms with Gasteiger partial charge in [0.25, 0.3) is 0 Å². The van der Waals surface area contributed by atoms with Crippen LogP contribution in [0.3, 0.4) is 0 Å². The smallest absolute Gasteiger partial charge is 0.462 e. The molecule has 2 N–H and O–H groups in total. The average molecular weight is 669 g/mol. The first kappa shape index (κ1) is 43.7. The van der Waals surface area contributed by atoms with E-state index in [0.29, 0.717) is 6.42 Å². The number of carbonyl (C=O) groups excluding carboxylic acids is 3. The third-order valence-electron chi connectivity index (χ3n) is 7.08. The SMILES string of the molecule is CCCCC/C=C\C/C=C\C/C=C\C=C\C(=O)CCCC(=O)O[C@H](COC(=O)CCCCCCCCCCCC)COP(=O)(O)O. The van der Waals surface area contributed by atoms with Gasteiger partial charge in [-0.3, -0.25) is 18.9 Å². The van der Waals surface area contributed by atoms with E-state index in [4.69, 9.17) is 19.3 Å². The minimum atomic E-state index is -4.81. The molecule has 0 saturated heterocycles. The maximum Gasteiger partial charge on any atom is 0.469 e. The Labute approximate surface area is 278 Å². The number of rotatable bonds is 31. The van der Waals surface area contributed by atoms with Crippen LogP contribution in [0.2, 0.25) is 0 Å². The molecule has 1 atom stereocenters. The summed E-state index contributed by atoms with van der Waals surface area (Å²) in [5.74, 6) is -1.28. The quantitative estimate of drug-likeness (QED) is 0.0185. The zero-order chi connectivity index (χ0) is 34.1. The van der Waals surface area contributed by atoms with Crippen molar-refractivity contribution < 1.29 is 42.7 Å². The molecule has 264 valence electrons. The van der Waals surface area contributed by atoms with Crippen LogP contribution >= 0.6 is 7.82 Å². The van der Waals surface area contributed by atoms with Crippen molar-refractivity contribution in [2.75, 3.05) is 13.2 Å². The molecule has 0 unspecified atom stereocenters. The highest BCUT2D eigenvalue weighted by atomic mass is 31.2. The molecule has 46 heavy (non-hydrogen) atoms. The van der Waals surface area contributed by atoms with E-state index < -0.39 is 32.5 Å². The summed E-state index contributed by atoms with van der Waals surface area (Å²) in [6.45, 7) is 3.40. The molecule has 0 aromatic carbocycles.